The van der Waals surface area contributed by atoms with Gasteiger partial charge in [0.2, 0.25) is 0 Å². The highest BCUT2D eigenvalue weighted by Gasteiger charge is 2.11. The molecule has 1 aromatic carbocycles. The molecule has 2 aromatic rings. The van der Waals surface area contributed by atoms with Gasteiger partial charge in [-0.2, -0.15) is 0 Å². The molecule has 0 amide bonds. The van der Waals surface area contributed by atoms with Gasteiger partial charge >= 0.3 is 5.97 Å². The summed E-state index contributed by atoms with van der Waals surface area (Å²) >= 11 is 0. The molecule has 0 aliphatic rings. The van der Waals surface area contributed by atoms with Crippen LogP contribution < -0.4 is 5.56 Å². The van der Waals surface area contributed by atoms with E-state index in [9.17, 15) is 18.4 Å². The van der Waals surface area contributed by atoms with Gasteiger partial charge in [0.15, 0.2) is 11.6 Å². The monoisotopic (exact) mass is 251 g/mol. The minimum absolute atomic E-state index is 0.0335. The molecule has 4 nitrogen and oxygen atoms in total. The summed E-state index contributed by atoms with van der Waals surface area (Å²) in [6.07, 6.45) is 1.04. The summed E-state index contributed by atoms with van der Waals surface area (Å²) in [5.74, 6) is -3.37. The van der Waals surface area contributed by atoms with Crippen LogP contribution in [0.4, 0.5) is 8.78 Å². The molecule has 92 valence electrons. The number of hydrogen-bond acceptors (Lipinski definition) is 2. The largest absolute Gasteiger partial charge is 0.478 e. The molecule has 0 aliphatic heterocycles. The summed E-state index contributed by atoms with van der Waals surface area (Å²) in [5.41, 5.74) is -0.646. The normalized spacial score (nSPS) is 10.3. The van der Waals surface area contributed by atoms with Gasteiger partial charge in [-0.1, -0.05) is 6.07 Å². The number of hydrogen-bond donors (Lipinski definition) is 2. The SMILES string of the molecule is O=C(O)c1c[nH]c(=O)c(-c2ccc(F)c(F)c2)c1. The number of carbonyl (C=O) groups is 1. The smallest absolute Gasteiger partial charge is 0.337 e. The zero-order valence-corrected chi connectivity index (χ0v) is 8.91. The van der Waals surface area contributed by atoms with E-state index in [0.717, 1.165) is 24.4 Å². The van der Waals surface area contributed by atoms with Crippen molar-refractivity contribution in [3.63, 3.8) is 0 Å². The van der Waals surface area contributed by atoms with E-state index in [1.54, 1.807) is 0 Å². The molecule has 0 saturated heterocycles. The van der Waals surface area contributed by atoms with Gasteiger partial charge in [-0.3, -0.25) is 4.79 Å². The average molecular weight is 251 g/mol. The van der Waals surface area contributed by atoms with E-state index in [0.29, 0.717) is 0 Å². The van der Waals surface area contributed by atoms with Crippen LogP contribution in [0, 0.1) is 11.6 Å². The van der Waals surface area contributed by atoms with Crippen molar-refractivity contribution in [3.05, 3.63) is 58.0 Å². The van der Waals surface area contributed by atoms with Crippen molar-refractivity contribution in [2.75, 3.05) is 0 Å². The Hall–Kier alpha value is -2.50. The number of rotatable bonds is 2. The molecule has 0 bridgehead atoms. The van der Waals surface area contributed by atoms with Gasteiger partial charge in [-0.05, 0) is 23.8 Å². The third-order valence-electron chi connectivity index (χ3n) is 2.38. The second-order valence-electron chi connectivity index (χ2n) is 3.57. The number of nitrogens with one attached hydrogen (secondary N) is 1. The minimum Gasteiger partial charge on any atom is -0.478 e. The Balaban J connectivity index is 2.62. The number of aromatic nitrogens is 1. The Labute approximate surface area is 99.5 Å². The maximum atomic E-state index is 13.1. The van der Waals surface area contributed by atoms with Crippen LogP contribution in [0.25, 0.3) is 11.1 Å². The molecule has 18 heavy (non-hydrogen) atoms. The predicted octanol–water partition coefficient (Wildman–Crippen LogP) is 2.02. The number of H-pyrrole nitrogens is 1. The molecule has 0 radical (unpaired) electrons. The number of carboxylic acids is 1. The van der Waals surface area contributed by atoms with Gasteiger partial charge in [0, 0.05) is 11.8 Å². The van der Waals surface area contributed by atoms with Crippen LogP contribution in [0.5, 0.6) is 0 Å². The van der Waals surface area contributed by atoms with E-state index in [4.69, 9.17) is 5.11 Å². The van der Waals surface area contributed by atoms with Crippen LogP contribution in [-0.2, 0) is 0 Å². The van der Waals surface area contributed by atoms with Gasteiger partial charge in [-0.15, -0.1) is 0 Å². The molecule has 0 fully saturated rings. The molecule has 2 N–H and O–H groups in total. The summed E-state index contributed by atoms with van der Waals surface area (Å²) in [6.45, 7) is 0. The third kappa shape index (κ3) is 2.13. The molecule has 2 rings (SSSR count). The van der Waals surface area contributed by atoms with Gasteiger partial charge in [0.25, 0.3) is 5.56 Å². The first-order chi connectivity index (χ1) is 8.49. The van der Waals surface area contributed by atoms with E-state index in [2.05, 4.69) is 4.98 Å². The highest BCUT2D eigenvalue weighted by molar-refractivity contribution is 5.88. The topological polar surface area (TPSA) is 70.2 Å². The lowest BCUT2D eigenvalue weighted by Crippen LogP contribution is -2.11. The van der Waals surface area contributed by atoms with Crippen LogP contribution >= 0.6 is 0 Å². The highest BCUT2D eigenvalue weighted by Crippen LogP contribution is 2.19. The van der Waals surface area contributed by atoms with Gasteiger partial charge in [0.1, 0.15) is 0 Å². The standard InChI is InChI=1S/C12H7F2NO3/c13-9-2-1-6(4-10(9)14)8-3-7(12(17)18)5-15-11(8)16/h1-5H,(H,15,16)(H,17,18). The van der Waals surface area contributed by atoms with Crippen molar-refractivity contribution in [2.45, 2.75) is 0 Å². The number of aromatic amines is 1. The van der Waals surface area contributed by atoms with E-state index in [-0.39, 0.29) is 16.7 Å². The second-order valence-corrected chi connectivity index (χ2v) is 3.57. The van der Waals surface area contributed by atoms with Crippen LogP contribution in [0.2, 0.25) is 0 Å². The zero-order valence-electron chi connectivity index (χ0n) is 8.91. The van der Waals surface area contributed by atoms with Crippen LogP contribution in [0.3, 0.4) is 0 Å². The quantitative estimate of drug-likeness (QED) is 0.857. The van der Waals surface area contributed by atoms with Crippen LogP contribution in [-0.4, -0.2) is 16.1 Å². The molecule has 6 heteroatoms. The molecule has 0 unspecified atom stereocenters. The fraction of sp³-hybridized carbons (Fsp3) is 0. The summed E-state index contributed by atoms with van der Waals surface area (Å²) < 4.78 is 25.8. The Morgan fingerprint density at radius 2 is 1.89 bits per heavy atom. The lowest BCUT2D eigenvalue weighted by Gasteiger charge is -2.02. The first-order valence-corrected chi connectivity index (χ1v) is 4.90. The maximum Gasteiger partial charge on any atom is 0.337 e. The van der Waals surface area contributed by atoms with Crippen molar-refractivity contribution < 1.29 is 18.7 Å². The molecule has 1 aromatic heterocycles. The van der Waals surface area contributed by atoms with E-state index in [1.807, 2.05) is 0 Å². The van der Waals surface area contributed by atoms with Crippen LogP contribution in [0.15, 0.2) is 35.3 Å². The summed E-state index contributed by atoms with van der Waals surface area (Å²) in [5, 5.41) is 8.79. The Bertz CT molecular complexity index is 679. The summed E-state index contributed by atoms with van der Waals surface area (Å²) in [4.78, 5) is 24.5. The zero-order chi connectivity index (χ0) is 13.3. The minimum atomic E-state index is -1.23. The first kappa shape index (κ1) is 12.0. The van der Waals surface area contributed by atoms with Crippen molar-refractivity contribution in [1.82, 2.24) is 4.98 Å². The molecule has 0 atom stereocenters. The fourth-order valence-corrected chi connectivity index (χ4v) is 1.49. The molecule has 1 heterocycles. The highest BCUT2D eigenvalue weighted by atomic mass is 19.2. The lowest BCUT2D eigenvalue weighted by atomic mass is 10.1. The summed E-state index contributed by atoms with van der Waals surface area (Å²) in [7, 11) is 0. The fourth-order valence-electron chi connectivity index (χ4n) is 1.49. The van der Waals surface area contributed by atoms with Gasteiger partial charge in [-0.25, -0.2) is 13.6 Å². The molecule has 0 aliphatic carbocycles. The third-order valence-corrected chi connectivity index (χ3v) is 2.38. The molecule has 0 spiro atoms. The molecular weight excluding hydrogens is 244 g/mol. The van der Waals surface area contributed by atoms with Gasteiger partial charge < -0.3 is 10.1 Å². The van der Waals surface area contributed by atoms with Crippen molar-refractivity contribution >= 4 is 5.97 Å². The second kappa shape index (κ2) is 4.40. The maximum absolute atomic E-state index is 13.1. The van der Waals surface area contributed by atoms with Crippen molar-refractivity contribution in [1.29, 1.82) is 0 Å². The number of aromatic carboxylic acids is 1. The Kier molecular flexibility index (Phi) is 2.93. The first-order valence-electron chi connectivity index (χ1n) is 4.90. The van der Waals surface area contributed by atoms with Gasteiger partial charge in [0.05, 0.1) is 5.56 Å². The molecule has 0 saturated carbocycles. The number of benzene rings is 1. The van der Waals surface area contributed by atoms with Crippen molar-refractivity contribution in [3.8, 4) is 11.1 Å². The number of carboxylic acid groups (broad SMARTS) is 1. The van der Waals surface area contributed by atoms with Crippen molar-refractivity contribution in [2.24, 2.45) is 0 Å². The van der Waals surface area contributed by atoms with E-state index in [1.165, 1.54) is 6.07 Å². The average Bonchev–Trinajstić information content (AvgIpc) is 2.33. The Morgan fingerprint density at radius 3 is 2.50 bits per heavy atom. The predicted molar refractivity (Wildman–Crippen MR) is 59.4 cm³/mol. The van der Waals surface area contributed by atoms with Crippen LogP contribution in [0.1, 0.15) is 10.4 Å². The number of halogens is 2. The van der Waals surface area contributed by atoms with E-state index < -0.39 is 23.2 Å². The lowest BCUT2D eigenvalue weighted by molar-refractivity contribution is 0.0696. The number of pyridine rings is 1. The Morgan fingerprint density at radius 1 is 1.17 bits per heavy atom. The molecular formula is C12H7F2NO3. The summed E-state index contributed by atoms with van der Waals surface area (Å²) in [6, 6.07) is 4.02. The van der Waals surface area contributed by atoms with E-state index >= 15 is 0 Å².